The van der Waals surface area contributed by atoms with Crippen molar-refractivity contribution in [3.8, 4) is 0 Å². The largest absolute Gasteiger partial charge is 0.462 e. The second-order valence-electron chi connectivity index (χ2n) is 2.90. The molecule has 0 saturated carbocycles. The van der Waals surface area contributed by atoms with Gasteiger partial charge in [-0.05, 0) is 30.7 Å². The number of ether oxygens (including phenoxy) is 1. The first-order chi connectivity index (χ1) is 7.04. The molecule has 0 fully saturated rings. The van der Waals surface area contributed by atoms with Crippen LogP contribution in [0.1, 0.15) is 5.56 Å². The Labute approximate surface area is 92.2 Å². The molecule has 0 heterocycles. The van der Waals surface area contributed by atoms with Crippen LogP contribution in [0.4, 0.5) is 5.69 Å². The summed E-state index contributed by atoms with van der Waals surface area (Å²) in [6.07, 6.45) is 0. The van der Waals surface area contributed by atoms with Crippen molar-refractivity contribution < 1.29 is 14.3 Å². The molecule has 0 spiro atoms. The highest BCUT2D eigenvalue weighted by atomic mass is 35.5. The summed E-state index contributed by atoms with van der Waals surface area (Å²) in [6.45, 7) is 1.78. The average molecular weight is 228 g/mol. The molecule has 15 heavy (non-hydrogen) atoms. The van der Waals surface area contributed by atoms with E-state index in [4.69, 9.17) is 11.6 Å². The Balaban J connectivity index is 2.81. The van der Waals surface area contributed by atoms with E-state index in [2.05, 4.69) is 10.1 Å². The molecule has 1 aromatic carbocycles. The summed E-state index contributed by atoms with van der Waals surface area (Å²) in [5, 5.41) is 2.99. The number of benzene rings is 1. The maximum atomic E-state index is 11.2. The van der Waals surface area contributed by atoms with Crippen LogP contribution in [0.5, 0.6) is 0 Å². The lowest BCUT2D eigenvalue weighted by molar-refractivity contribution is -0.150. The minimum Gasteiger partial charge on any atom is -0.462 e. The summed E-state index contributed by atoms with van der Waals surface area (Å²) in [5.41, 5.74) is 1.31. The molecule has 0 radical (unpaired) electrons. The Kier molecular flexibility index (Phi) is 3.68. The van der Waals surface area contributed by atoms with Crippen LogP contribution in [0.15, 0.2) is 18.2 Å². The second-order valence-corrected chi connectivity index (χ2v) is 3.34. The first-order valence-electron chi connectivity index (χ1n) is 4.20. The molecular weight excluding hydrogens is 218 g/mol. The Morgan fingerprint density at radius 2 is 2.07 bits per heavy atom. The summed E-state index contributed by atoms with van der Waals surface area (Å²) in [6, 6.07) is 4.94. The first-order valence-corrected chi connectivity index (χ1v) is 4.58. The SMILES string of the molecule is COC(=O)C(=O)Nc1ccc(Cl)cc1C. The van der Waals surface area contributed by atoms with E-state index in [0.717, 1.165) is 12.7 Å². The number of carbonyl (C=O) groups is 2. The molecule has 1 amide bonds. The van der Waals surface area contributed by atoms with Gasteiger partial charge in [0.05, 0.1) is 7.11 Å². The van der Waals surface area contributed by atoms with Crippen LogP contribution >= 0.6 is 11.6 Å². The van der Waals surface area contributed by atoms with Crippen molar-refractivity contribution >= 4 is 29.2 Å². The molecule has 0 bridgehead atoms. The van der Waals surface area contributed by atoms with Crippen molar-refractivity contribution in [1.82, 2.24) is 0 Å². The summed E-state index contributed by atoms with van der Waals surface area (Å²) >= 11 is 5.74. The summed E-state index contributed by atoms with van der Waals surface area (Å²) in [4.78, 5) is 22.0. The normalized spacial score (nSPS) is 9.53. The van der Waals surface area contributed by atoms with Gasteiger partial charge >= 0.3 is 11.9 Å². The van der Waals surface area contributed by atoms with Crippen molar-refractivity contribution in [3.63, 3.8) is 0 Å². The van der Waals surface area contributed by atoms with Crippen molar-refractivity contribution in [2.24, 2.45) is 0 Å². The molecule has 0 aliphatic heterocycles. The number of amides is 1. The third-order valence-electron chi connectivity index (χ3n) is 1.81. The highest BCUT2D eigenvalue weighted by molar-refractivity contribution is 6.37. The zero-order valence-electron chi connectivity index (χ0n) is 8.33. The fraction of sp³-hybridized carbons (Fsp3) is 0.200. The number of carbonyl (C=O) groups excluding carboxylic acids is 2. The Morgan fingerprint density at radius 1 is 1.40 bits per heavy atom. The molecule has 0 atom stereocenters. The van der Waals surface area contributed by atoms with Gasteiger partial charge in [0.25, 0.3) is 0 Å². The van der Waals surface area contributed by atoms with Gasteiger partial charge < -0.3 is 10.1 Å². The number of hydrogen-bond acceptors (Lipinski definition) is 3. The Bertz CT molecular complexity index is 404. The van der Waals surface area contributed by atoms with Crippen LogP contribution in [0.2, 0.25) is 5.02 Å². The fourth-order valence-corrected chi connectivity index (χ4v) is 1.26. The topological polar surface area (TPSA) is 55.4 Å². The quantitative estimate of drug-likeness (QED) is 0.588. The Morgan fingerprint density at radius 3 is 2.60 bits per heavy atom. The highest BCUT2D eigenvalue weighted by Crippen LogP contribution is 2.19. The fourth-order valence-electron chi connectivity index (χ4n) is 1.03. The van der Waals surface area contributed by atoms with E-state index >= 15 is 0 Å². The third-order valence-corrected chi connectivity index (χ3v) is 2.04. The molecule has 1 rings (SSSR count). The second kappa shape index (κ2) is 4.79. The van der Waals surface area contributed by atoms with Crippen LogP contribution in [0.3, 0.4) is 0 Å². The monoisotopic (exact) mass is 227 g/mol. The molecule has 80 valence electrons. The van der Waals surface area contributed by atoms with E-state index in [9.17, 15) is 9.59 Å². The number of hydrogen-bond donors (Lipinski definition) is 1. The first kappa shape index (κ1) is 11.5. The minimum atomic E-state index is -0.927. The highest BCUT2D eigenvalue weighted by Gasteiger charge is 2.14. The lowest BCUT2D eigenvalue weighted by Crippen LogP contribution is -2.24. The number of halogens is 1. The average Bonchev–Trinajstić information content (AvgIpc) is 2.20. The van der Waals surface area contributed by atoms with Gasteiger partial charge in [-0.15, -0.1) is 0 Å². The van der Waals surface area contributed by atoms with Gasteiger partial charge in [0.2, 0.25) is 0 Å². The maximum Gasteiger partial charge on any atom is 0.396 e. The van der Waals surface area contributed by atoms with Crippen molar-refractivity contribution in [1.29, 1.82) is 0 Å². The number of anilines is 1. The molecule has 1 N–H and O–H groups in total. The standard InChI is InChI=1S/C10H10ClNO3/c1-6-5-7(11)3-4-8(6)12-9(13)10(14)15-2/h3-5H,1-2H3,(H,12,13). The maximum absolute atomic E-state index is 11.2. The van der Waals surface area contributed by atoms with E-state index in [-0.39, 0.29) is 0 Å². The van der Waals surface area contributed by atoms with E-state index in [1.807, 2.05) is 0 Å². The summed E-state index contributed by atoms with van der Waals surface area (Å²) < 4.78 is 4.27. The minimum absolute atomic E-state index is 0.537. The molecule has 0 aliphatic rings. The van der Waals surface area contributed by atoms with Gasteiger partial charge in [0, 0.05) is 10.7 Å². The predicted molar refractivity (Wildman–Crippen MR) is 56.8 cm³/mol. The molecule has 0 saturated heterocycles. The zero-order valence-corrected chi connectivity index (χ0v) is 9.09. The van der Waals surface area contributed by atoms with Crippen molar-refractivity contribution in [2.45, 2.75) is 6.92 Å². The van der Waals surface area contributed by atoms with Gasteiger partial charge in [-0.1, -0.05) is 11.6 Å². The number of methoxy groups -OCH3 is 1. The van der Waals surface area contributed by atoms with Gasteiger partial charge in [0.1, 0.15) is 0 Å². The molecule has 1 aromatic rings. The lowest BCUT2D eigenvalue weighted by atomic mass is 10.2. The third kappa shape index (κ3) is 2.95. The molecule has 4 nitrogen and oxygen atoms in total. The van der Waals surface area contributed by atoms with E-state index < -0.39 is 11.9 Å². The van der Waals surface area contributed by atoms with E-state index in [0.29, 0.717) is 10.7 Å². The van der Waals surface area contributed by atoms with Crippen molar-refractivity contribution in [3.05, 3.63) is 28.8 Å². The molecule has 0 unspecified atom stereocenters. The smallest absolute Gasteiger partial charge is 0.396 e. The molecule has 5 heteroatoms. The van der Waals surface area contributed by atoms with Crippen molar-refractivity contribution in [2.75, 3.05) is 12.4 Å². The van der Waals surface area contributed by atoms with E-state index in [1.165, 1.54) is 0 Å². The molecule has 0 aromatic heterocycles. The van der Waals surface area contributed by atoms with Crippen LogP contribution in [-0.4, -0.2) is 19.0 Å². The molecule has 0 aliphatic carbocycles. The summed E-state index contributed by atoms with van der Waals surface area (Å²) in [5.74, 6) is -1.73. The zero-order chi connectivity index (χ0) is 11.4. The van der Waals surface area contributed by atoms with Gasteiger partial charge in [-0.25, -0.2) is 4.79 Å². The van der Waals surface area contributed by atoms with Crippen LogP contribution in [0.25, 0.3) is 0 Å². The van der Waals surface area contributed by atoms with Gasteiger partial charge in [0.15, 0.2) is 0 Å². The van der Waals surface area contributed by atoms with Gasteiger partial charge in [-0.2, -0.15) is 0 Å². The van der Waals surface area contributed by atoms with E-state index in [1.54, 1.807) is 25.1 Å². The Hall–Kier alpha value is -1.55. The van der Waals surface area contributed by atoms with Crippen LogP contribution in [0, 0.1) is 6.92 Å². The van der Waals surface area contributed by atoms with Gasteiger partial charge in [-0.3, -0.25) is 4.79 Å². The van der Waals surface area contributed by atoms with Crippen LogP contribution < -0.4 is 5.32 Å². The number of rotatable bonds is 1. The predicted octanol–water partition coefficient (Wildman–Crippen LogP) is 1.76. The van der Waals surface area contributed by atoms with Crippen LogP contribution in [-0.2, 0) is 14.3 Å². The lowest BCUT2D eigenvalue weighted by Gasteiger charge is -2.06. The number of nitrogens with one attached hydrogen (secondary N) is 1. The summed E-state index contributed by atoms with van der Waals surface area (Å²) in [7, 11) is 1.15. The molecular formula is C10H10ClNO3. The number of aryl methyl sites for hydroxylation is 1. The number of esters is 1.